The fourth-order valence-electron chi connectivity index (χ4n) is 2.32. The molecular weight excluding hydrogens is 176 g/mol. The summed E-state index contributed by atoms with van der Waals surface area (Å²) in [4.78, 5) is 2.50. The summed E-state index contributed by atoms with van der Waals surface area (Å²) in [5.41, 5.74) is 6.17. The van der Waals surface area contributed by atoms with Crippen LogP contribution in [0.3, 0.4) is 0 Å². The minimum Gasteiger partial charge on any atom is -0.377 e. The molecule has 0 aromatic carbocycles. The lowest BCUT2D eigenvalue weighted by Gasteiger charge is -2.37. The molecule has 2 heterocycles. The van der Waals surface area contributed by atoms with Crippen molar-refractivity contribution in [1.29, 1.82) is 0 Å². The summed E-state index contributed by atoms with van der Waals surface area (Å²) >= 11 is 0. The number of ether oxygens (including phenoxy) is 1. The van der Waals surface area contributed by atoms with Crippen LogP contribution in [-0.4, -0.2) is 42.8 Å². The molecule has 0 bridgehead atoms. The minimum absolute atomic E-state index is 0.0764. The van der Waals surface area contributed by atoms with Crippen LogP contribution in [-0.2, 0) is 4.74 Å². The van der Waals surface area contributed by atoms with Crippen molar-refractivity contribution in [3.05, 3.63) is 0 Å². The van der Waals surface area contributed by atoms with Crippen molar-refractivity contribution < 1.29 is 4.74 Å². The van der Waals surface area contributed by atoms with Gasteiger partial charge >= 0.3 is 0 Å². The van der Waals surface area contributed by atoms with Crippen LogP contribution in [0.15, 0.2) is 0 Å². The number of nitrogens with zero attached hydrogens (tertiary/aromatic N) is 1. The molecule has 2 fully saturated rings. The molecule has 0 aromatic rings. The van der Waals surface area contributed by atoms with E-state index >= 15 is 0 Å². The zero-order chi connectivity index (χ0) is 10.0. The predicted molar refractivity (Wildman–Crippen MR) is 57.2 cm³/mol. The molecule has 0 amide bonds. The highest BCUT2D eigenvalue weighted by Crippen LogP contribution is 2.21. The lowest BCUT2D eigenvalue weighted by molar-refractivity contribution is 0.0578. The van der Waals surface area contributed by atoms with Crippen LogP contribution in [0.25, 0.3) is 0 Å². The number of hydrogen-bond acceptors (Lipinski definition) is 3. The monoisotopic (exact) mass is 198 g/mol. The molecule has 0 aliphatic carbocycles. The van der Waals surface area contributed by atoms with Crippen molar-refractivity contribution in [2.45, 2.75) is 44.2 Å². The van der Waals surface area contributed by atoms with Gasteiger partial charge in [-0.15, -0.1) is 0 Å². The SMILES string of the molecule is CC1(N)CCN(CC2CCCO2)CC1. The lowest BCUT2D eigenvalue weighted by Crippen LogP contribution is -2.49. The Kier molecular flexibility index (Phi) is 3.10. The molecule has 0 saturated carbocycles. The van der Waals surface area contributed by atoms with E-state index < -0.39 is 0 Å². The van der Waals surface area contributed by atoms with Crippen molar-refractivity contribution >= 4 is 0 Å². The highest BCUT2D eigenvalue weighted by Gasteiger charge is 2.27. The first-order valence-electron chi connectivity index (χ1n) is 5.79. The fraction of sp³-hybridized carbons (Fsp3) is 1.00. The molecule has 2 saturated heterocycles. The fourth-order valence-corrected chi connectivity index (χ4v) is 2.32. The van der Waals surface area contributed by atoms with Gasteiger partial charge in [0.2, 0.25) is 0 Å². The van der Waals surface area contributed by atoms with E-state index in [-0.39, 0.29) is 5.54 Å². The van der Waals surface area contributed by atoms with E-state index in [0.29, 0.717) is 6.10 Å². The van der Waals surface area contributed by atoms with Gasteiger partial charge in [0.25, 0.3) is 0 Å². The van der Waals surface area contributed by atoms with Crippen molar-refractivity contribution in [1.82, 2.24) is 4.90 Å². The van der Waals surface area contributed by atoms with Crippen LogP contribution in [0.5, 0.6) is 0 Å². The van der Waals surface area contributed by atoms with Gasteiger partial charge in [0.15, 0.2) is 0 Å². The van der Waals surface area contributed by atoms with Crippen molar-refractivity contribution in [3.63, 3.8) is 0 Å². The van der Waals surface area contributed by atoms with Gasteiger partial charge in [-0.3, -0.25) is 0 Å². The van der Waals surface area contributed by atoms with E-state index in [1.807, 2.05) is 0 Å². The summed E-state index contributed by atoms with van der Waals surface area (Å²) in [6.07, 6.45) is 5.24. The highest BCUT2D eigenvalue weighted by atomic mass is 16.5. The molecule has 82 valence electrons. The van der Waals surface area contributed by atoms with E-state index in [1.165, 1.54) is 12.8 Å². The molecular formula is C11H22N2O. The van der Waals surface area contributed by atoms with E-state index in [1.54, 1.807) is 0 Å². The third kappa shape index (κ3) is 2.69. The molecule has 1 unspecified atom stereocenters. The van der Waals surface area contributed by atoms with E-state index in [0.717, 1.165) is 39.1 Å². The van der Waals surface area contributed by atoms with Gasteiger partial charge in [-0.05, 0) is 45.7 Å². The average Bonchev–Trinajstić information content (AvgIpc) is 2.61. The smallest absolute Gasteiger partial charge is 0.0702 e. The van der Waals surface area contributed by atoms with Crippen molar-refractivity contribution in [2.24, 2.45) is 5.73 Å². The maximum absolute atomic E-state index is 6.09. The largest absolute Gasteiger partial charge is 0.377 e. The normalized spacial score (nSPS) is 33.4. The van der Waals surface area contributed by atoms with Crippen LogP contribution >= 0.6 is 0 Å². The Balaban J connectivity index is 1.72. The quantitative estimate of drug-likeness (QED) is 0.719. The third-order valence-corrected chi connectivity index (χ3v) is 3.48. The molecule has 3 nitrogen and oxygen atoms in total. The summed E-state index contributed by atoms with van der Waals surface area (Å²) < 4.78 is 5.63. The van der Waals surface area contributed by atoms with Gasteiger partial charge in [0.05, 0.1) is 6.10 Å². The van der Waals surface area contributed by atoms with E-state index in [4.69, 9.17) is 10.5 Å². The van der Waals surface area contributed by atoms with Gasteiger partial charge in [0.1, 0.15) is 0 Å². The molecule has 1 atom stereocenters. The van der Waals surface area contributed by atoms with Crippen LogP contribution in [0, 0.1) is 0 Å². The summed E-state index contributed by atoms with van der Waals surface area (Å²) in [6, 6.07) is 0. The highest BCUT2D eigenvalue weighted by molar-refractivity contribution is 4.86. The van der Waals surface area contributed by atoms with Crippen LogP contribution in [0.4, 0.5) is 0 Å². The summed E-state index contributed by atoms with van der Waals surface area (Å²) in [5.74, 6) is 0. The Bertz CT molecular complexity index is 178. The number of likely N-dealkylation sites (tertiary alicyclic amines) is 1. The standard InChI is InChI=1S/C11H22N2O/c1-11(12)4-6-13(7-5-11)9-10-3-2-8-14-10/h10H,2-9,12H2,1H3. The Morgan fingerprint density at radius 2 is 2.14 bits per heavy atom. The number of piperidine rings is 1. The van der Waals surface area contributed by atoms with Gasteiger partial charge < -0.3 is 15.4 Å². The van der Waals surface area contributed by atoms with Crippen LogP contribution < -0.4 is 5.73 Å². The first kappa shape index (κ1) is 10.4. The van der Waals surface area contributed by atoms with Gasteiger partial charge in [0, 0.05) is 18.7 Å². The van der Waals surface area contributed by atoms with Gasteiger partial charge in [-0.1, -0.05) is 0 Å². The summed E-state index contributed by atoms with van der Waals surface area (Å²) in [5, 5.41) is 0. The first-order chi connectivity index (χ1) is 6.66. The molecule has 0 aromatic heterocycles. The molecule has 2 rings (SSSR count). The predicted octanol–water partition coefficient (Wildman–Crippen LogP) is 0.979. The Morgan fingerprint density at radius 1 is 1.43 bits per heavy atom. The Morgan fingerprint density at radius 3 is 2.71 bits per heavy atom. The topological polar surface area (TPSA) is 38.5 Å². The average molecular weight is 198 g/mol. The zero-order valence-electron chi connectivity index (χ0n) is 9.17. The third-order valence-electron chi connectivity index (χ3n) is 3.48. The summed E-state index contributed by atoms with van der Waals surface area (Å²) in [6.45, 7) is 6.54. The maximum Gasteiger partial charge on any atom is 0.0702 e. The summed E-state index contributed by atoms with van der Waals surface area (Å²) in [7, 11) is 0. The molecule has 0 radical (unpaired) electrons. The van der Waals surface area contributed by atoms with E-state index in [9.17, 15) is 0 Å². The molecule has 14 heavy (non-hydrogen) atoms. The second-order valence-corrected chi connectivity index (χ2v) is 5.09. The maximum atomic E-state index is 6.09. The minimum atomic E-state index is 0.0764. The Hall–Kier alpha value is -0.120. The number of rotatable bonds is 2. The molecule has 2 aliphatic heterocycles. The molecule has 0 spiro atoms. The van der Waals surface area contributed by atoms with Gasteiger partial charge in [-0.25, -0.2) is 0 Å². The second-order valence-electron chi connectivity index (χ2n) is 5.09. The Labute approximate surface area is 86.6 Å². The van der Waals surface area contributed by atoms with Gasteiger partial charge in [-0.2, -0.15) is 0 Å². The van der Waals surface area contributed by atoms with Crippen molar-refractivity contribution in [3.8, 4) is 0 Å². The number of hydrogen-bond donors (Lipinski definition) is 1. The molecule has 2 N–H and O–H groups in total. The lowest BCUT2D eigenvalue weighted by atomic mass is 9.91. The number of nitrogens with two attached hydrogens (primary N) is 1. The van der Waals surface area contributed by atoms with Crippen LogP contribution in [0.2, 0.25) is 0 Å². The van der Waals surface area contributed by atoms with Crippen molar-refractivity contribution in [2.75, 3.05) is 26.2 Å². The van der Waals surface area contributed by atoms with E-state index in [2.05, 4.69) is 11.8 Å². The first-order valence-corrected chi connectivity index (χ1v) is 5.79. The molecule has 2 aliphatic rings. The molecule has 3 heteroatoms. The zero-order valence-corrected chi connectivity index (χ0v) is 9.17. The van der Waals surface area contributed by atoms with Crippen LogP contribution in [0.1, 0.15) is 32.6 Å². The second kappa shape index (κ2) is 4.17.